The second-order valence-electron chi connectivity index (χ2n) is 8.91. The van der Waals surface area contributed by atoms with Crippen LogP contribution in [0.5, 0.6) is 11.5 Å². The lowest BCUT2D eigenvalue weighted by Crippen LogP contribution is -2.49. The summed E-state index contributed by atoms with van der Waals surface area (Å²) in [4.78, 5) is 17.2. The number of aromatic nitrogens is 1. The molecule has 1 aromatic heterocycles. The van der Waals surface area contributed by atoms with Crippen molar-refractivity contribution in [2.75, 3.05) is 37.9 Å². The van der Waals surface area contributed by atoms with Crippen molar-refractivity contribution in [3.63, 3.8) is 0 Å². The molecule has 0 saturated carbocycles. The van der Waals surface area contributed by atoms with Gasteiger partial charge in [0.15, 0.2) is 11.5 Å². The molecule has 0 aliphatic carbocycles. The van der Waals surface area contributed by atoms with Gasteiger partial charge in [-0.15, -0.1) is 0 Å². The number of piperazine rings is 1. The Labute approximate surface area is 193 Å². The monoisotopic (exact) mass is 447 g/mol. The Morgan fingerprint density at radius 1 is 1.03 bits per heavy atom. The van der Waals surface area contributed by atoms with Gasteiger partial charge in [0.2, 0.25) is 12.6 Å². The van der Waals surface area contributed by atoms with Crippen molar-refractivity contribution >= 4 is 11.6 Å². The third-order valence-corrected chi connectivity index (χ3v) is 6.71. The average molecular weight is 448 g/mol. The van der Waals surface area contributed by atoms with E-state index in [1.807, 2.05) is 23.1 Å². The van der Waals surface area contributed by atoms with Crippen LogP contribution in [0.3, 0.4) is 0 Å². The van der Waals surface area contributed by atoms with Gasteiger partial charge in [-0.1, -0.05) is 30.3 Å². The van der Waals surface area contributed by atoms with E-state index in [4.69, 9.17) is 14.0 Å². The van der Waals surface area contributed by atoms with Gasteiger partial charge in [-0.2, -0.15) is 0 Å². The second-order valence-corrected chi connectivity index (χ2v) is 8.91. The maximum absolute atomic E-state index is 13.0. The minimum absolute atomic E-state index is 0.0929. The molecule has 1 fully saturated rings. The highest BCUT2D eigenvalue weighted by molar-refractivity contribution is 5.91. The maximum Gasteiger partial charge on any atom is 0.292 e. The van der Waals surface area contributed by atoms with Crippen LogP contribution in [-0.4, -0.2) is 48.9 Å². The first-order chi connectivity index (χ1) is 16.0. The smallest absolute Gasteiger partial charge is 0.292 e. The van der Waals surface area contributed by atoms with Crippen LogP contribution in [0.25, 0.3) is 0 Å². The molecule has 1 unspecified atom stereocenters. The number of carbonyl (C=O) groups excluding carboxylic acids is 1. The van der Waals surface area contributed by atoms with Crippen LogP contribution in [0, 0.1) is 13.8 Å². The first-order valence-electron chi connectivity index (χ1n) is 11.4. The molecule has 7 heteroatoms. The van der Waals surface area contributed by atoms with Crippen molar-refractivity contribution in [3.05, 3.63) is 70.6 Å². The predicted molar refractivity (Wildman–Crippen MR) is 125 cm³/mol. The predicted octanol–water partition coefficient (Wildman–Crippen LogP) is 4.33. The Kier molecular flexibility index (Phi) is 5.70. The summed E-state index contributed by atoms with van der Waals surface area (Å²) in [5, 5.41) is 4.20. The number of carbonyl (C=O) groups is 1. The highest BCUT2D eigenvalue weighted by Crippen LogP contribution is 2.34. The number of anilines is 1. The van der Waals surface area contributed by atoms with Crippen molar-refractivity contribution in [2.24, 2.45) is 0 Å². The van der Waals surface area contributed by atoms with Gasteiger partial charge in [-0.25, -0.2) is 0 Å². The fraction of sp³-hybridized carbons (Fsp3) is 0.385. The van der Waals surface area contributed by atoms with Crippen LogP contribution in [0.1, 0.15) is 45.8 Å². The molecular formula is C26H29N3O4. The molecular weight excluding hydrogens is 418 g/mol. The molecule has 3 heterocycles. The Morgan fingerprint density at radius 2 is 1.82 bits per heavy atom. The topological polar surface area (TPSA) is 68.0 Å². The fourth-order valence-corrected chi connectivity index (χ4v) is 4.53. The first-order valence-corrected chi connectivity index (χ1v) is 11.4. The molecule has 3 aromatic rings. The number of amides is 1. The number of benzene rings is 2. The van der Waals surface area contributed by atoms with E-state index in [1.165, 1.54) is 16.8 Å². The molecule has 2 aliphatic heterocycles. The SMILES string of the molecule is Cc1cccc(N2CCN(C(=O)c3cc(C(C)Cc4ccc5c(c4)OCO5)no3)CC2)c1C. The van der Waals surface area contributed by atoms with E-state index in [0.29, 0.717) is 18.8 Å². The number of rotatable bonds is 5. The largest absolute Gasteiger partial charge is 0.454 e. The van der Waals surface area contributed by atoms with E-state index in [1.54, 1.807) is 6.07 Å². The second kappa shape index (κ2) is 8.81. The third-order valence-electron chi connectivity index (χ3n) is 6.71. The normalized spacial score (nSPS) is 16.2. The van der Waals surface area contributed by atoms with Gasteiger partial charge in [-0.05, 0) is 55.2 Å². The van der Waals surface area contributed by atoms with E-state index in [0.717, 1.165) is 42.3 Å². The number of ether oxygens (including phenoxy) is 2. The minimum Gasteiger partial charge on any atom is -0.454 e. The summed E-state index contributed by atoms with van der Waals surface area (Å²) in [6, 6.07) is 14.1. The minimum atomic E-state index is -0.0929. The lowest BCUT2D eigenvalue weighted by molar-refractivity contribution is 0.0704. The molecule has 0 spiro atoms. The molecule has 0 bridgehead atoms. The van der Waals surface area contributed by atoms with Crippen LogP contribution in [-0.2, 0) is 6.42 Å². The summed E-state index contributed by atoms with van der Waals surface area (Å²) in [7, 11) is 0. The average Bonchev–Trinajstić information content (AvgIpc) is 3.50. The Bertz CT molecular complexity index is 1160. The molecule has 2 aromatic carbocycles. The highest BCUT2D eigenvalue weighted by atomic mass is 16.7. The Morgan fingerprint density at radius 3 is 2.64 bits per heavy atom. The number of aryl methyl sites for hydroxylation is 1. The third kappa shape index (κ3) is 4.27. The van der Waals surface area contributed by atoms with Crippen molar-refractivity contribution in [1.82, 2.24) is 10.1 Å². The quantitative estimate of drug-likeness (QED) is 0.580. The van der Waals surface area contributed by atoms with E-state index in [-0.39, 0.29) is 18.6 Å². The summed E-state index contributed by atoms with van der Waals surface area (Å²) in [5.41, 5.74) is 5.75. The molecule has 1 saturated heterocycles. The molecule has 5 rings (SSSR count). The van der Waals surface area contributed by atoms with Crippen molar-refractivity contribution < 1.29 is 18.8 Å². The van der Waals surface area contributed by atoms with Crippen molar-refractivity contribution in [3.8, 4) is 11.5 Å². The number of hydrogen-bond donors (Lipinski definition) is 0. The number of nitrogens with zero attached hydrogens (tertiary/aromatic N) is 3. The molecule has 7 nitrogen and oxygen atoms in total. The Balaban J connectivity index is 1.20. The summed E-state index contributed by atoms with van der Waals surface area (Å²) in [6.45, 7) is 9.57. The van der Waals surface area contributed by atoms with E-state index < -0.39 is 0 Å². The molecule has 2 aliphatic rings. The summed E-state index contributed by atoms with van der Waals surface area (Å²) < 4.78 is 16.3. The van der Waals surface area contributed by atoms with Crippen LogP contribution in [0.15, 0.2) is 47.0 Å². The van der Waals surface area contributed by atoms with Gasteiger partial charge in [0.05, 0.1) is 5.69 Å². The van der Waals surface area contributed by atoms with E-state index >= 15 is 0 Å². The maximum atomic E-state index is 13.0. The summed E-state index contributed by atoms with van der Waals surface area (Å²) >= 11 is 0. The lowest BCUT2D eigenvalue weighted by atomic mass is 9.97. The molecule has 0 radical (unpaired) electrons. The fourth-order valence-electron chi connectivity index (χ4n) is 4.53. The zero-order chi connectivity index (χ0) is 22.9. The molecule has 1 amide bonds. The van der Waals surface area contributed by atoms with E-state index in [9.17, 15) is 4.79 Å². The van der Waals surface area contributed by atoms with Crippen molar-refractivity contribution in [2.45, 2.75) is 33.1 Å². The van der Waals surface area contributed by atoms with Gasteiger partial charge >= 0.3 is 0 Å². The van der Waals surface area contributed by atoms with Crippen LogP contribution in [0.4, 0.5) is 5.69 Å². The van der Waals surface area contributed by atoms with Gasteiger partial charge in [0.25, 0.3) is 5.91 Å². The van der Waals surface area contributed by atoms with Gasteiger partial charge in [0.1, 0.15) is 0 Å². The molecule has 33 heavy (non-hydrogen) atoms. The molecule has 1 atom stereocenters. The lowest BCUT2D eigenvalue weighted by Gasteiger charge is -2.36. The zero-order valence-corrected chi connectivity index (χ0v) is 19.3. The van der Waals surface area contributed by atoms with Crippen LogP contribution < -0.4 is 14.4 Å². The van der Waals surface area contributed by atoms with Gasteiger partial charge < -0.3 is 23.8 Å². The summed E-state index contributed by atoms with van der Waals surface area (Å²) in [6.07, 6.45) is 0.769. The first kappa shape index (κ1) is 21.4. The molecule has 172 valence electrons. The van der Waals surface area contributed by atoms with Gasteiger partial charge in [0, 0.05) is 43.9 Å². The highest BCUT2D eigenvalue weighted by Gasteiger charge is 2.26. The van der Waals surface area contributed by atoms with Crippen LogP contribution >= 0.6 is 0 Å². The Hall–Kier alpha value is -3.48. The van der Waals surface area contributed by atoms with Crippen LogP contribution in [0.2, 0.25) is 0 Å². The standard InChI is InChI=1S/C26H29N3O4/c1-17-5-4-6-22(19(17)3)28-9-11-29(12-10-28)26(30)25-15-21(27-33-25)18(2)13-20-7-8-23-24(14-20)32-16-31-23/h4-8,14-15,18H,9-13,16H2,1-3H3. The number of hydrogen-bond acceptors (Lipinski definition) is 6. The van der Waals surface area contributed by atoms with Crippen molar-refractivity contribution in [1.29, 1.82) is 0 Å². The zero-order valence-electron chi connectivity index (χ0n) is 19.3. The molecule has 0 N–H and O–H groups in total. The van der Waals surface area contributed by atoms with Gasteiger partial charge in [-0.3, -0.25) is 4.79 Å². The number of fused-ring (bicyclic) bond motifs is 1. The summed E-state index contributed by atoms with van der Waals surface area (Å²) in [5.74, 6) is 1.87. The van der Waals surface area contributed by atoms with E-state index in [2.05, 4.69) is 49.0 Å².